The molecule has 31 heavy (non-hydrogen) atoms. The van der Waals surface area contributed by atoms with Gasteiger partial charge in [0, 0.05) is 31.3 Å². The molecule has 1 unspecified atom stereocenters. The Balaban J connectivity index is 2.33. The van der Waals surface area contributed by atoms with Crippen LogP contribution in [0.4, 0.5) is 11.4 Å². The van der Waals surface area contributed by atoms with Crippen LogP contribution in [0, 0.1) is 0 Å². The zero-order valence-corrected chi connectivity index (χ0v) is 18.2. The molecule has 166 valence electrons. The first kappa shape index (κ1) is 23.7. The minimum atomic E-state index is -0.932. The highest BCUT2D eigenvalue weighted by molar-refractivity contribution is 6.05. The van der Waals surface area contributed by atoms with Crippen molar-refractivity contribution in [3.63, 3.8) is 0 Å². The third kappa shape index (κ3) is 6.21. The number of anilines is 2. The average Bonchev–Trinajstić information content (AvgIpc) is 2.76. The first-order valence-electron chi connectivity index (χ1n) is 9.89. The first-order chi connectivity index (χ1) is 14.8. The second-order valence-electron chi connectivity index (χ2n) is 6.95. The number of amides is 2. The van der Waals surface area contributed by atoms with E-state index in [1.165, 1.54) is 16.7 Å². The van der Waals surface area contributed by atoms with Crippen molar-refractivity contribution in [3.8, 4) is 11.5 Å². The lowest BCUT2D eigenvalue weighted by molar-refractivity contribution is -0.137. The lowest BCUT2D eigenvalue weighted by atomic mass is 10.1. The standard InChI is InChI=1S/C23H28N2O6/c1-16(25(17(2)26)19-9-13-21(31-4)14-10-19)23(29)24(15-5-6-22(27)28)18-7-11-20(30-3)12-8-18/h7-14,16H,5-6,15H2,1-4H3,(H,27,28). The van der Waals surface area contributed by atoms with Gasteiger partial charge in [0.1, 0.15) is 17.5 Å². The fourth-order valence-electron chi connectivity index (χ4n) is 3.27. The van der Waals surface area contributed by atoms with Gasteiger partial charge in [-0.25, -0.2) is 0 Å². The Labute approximate surface area is 182 Å². The maximum absolute atomic E-state index is 13.4. The van der Waals surface area contributed by atoms with E-state index in [1.54, 1.807) is 69.7 Å². The topological polar surface area (TPSA) is 96.4 Å². The predicted octanol–water partition coefficient (Wildman–Crippen LogP) is 3.34. The zero-order valence-electron chi connectivity index (χ0n) is 18.2. The van der Waals surface area contributed by atoms with Gasteiger partial charge in [-0.1, -0.05) is 0 Å². The Bertz CT molecular complexity index is 895. The number of rotatable bonds is 10. The molecule has 0 aliphatic carbocycles. The maximum atomic E-state index is 13.4. The number of methoxy groups -OCH3 is 2. The van der Waals surface area contributed by atoms with Crippen LogP contribution in [-0.4, -0.2) is 49.7 Å². The number of hydrogen-bond donors (Lipinski definition) is 1. The molecule has 0 heterocycles. The van der Waals surface area contributed by atoms with Gasteiger partial charge in [0.15, 0.2) is 0 Å². The van der Waals surface area contributed by atoms with Crippen molar-refractivity contribution in [2.75, 3.05) is 30.6 Å². The van der Waals surface area contributed by atoms with E-state index in [4.69, 9.17) is 14.6 Å². The number of nitrogens with zero attached hydrogens (tertiary/aromatic N) is 2. The minimum Gasteiger partial charge on any atom is -0.497 e. The van der Waals surface area contributed by atoms with Crippen LogP contribution in [0.25, 0.3) is 0 Å². The van der Waals surface area contributed by atoms with E-state index in [9.17, 15) is 14.4 Å². The largest absolute Gasteiger partial charge is 0.497 e. The summed E-state index contributed by atoms with van der Waals surface area (Å²) in [6, 6.07) is 13.0. The van der Waals surface area contributed by atoms with E-state index in [2.05, 4.69) is 0 Å². The SMILES string of the molecule is COc1ccc(N(CCCC(=O)O)C(=O)C(C)N(C(C)=O)c2ccc(OC)cc2)cc1. The van der Waals surface area contributed by atoms with E-state index >= 15 is 0 Å². The van der Waals surface area contributed by atoms with Gasteiger partial charge in [0.05, 0.1) is 14.2 Å². The molecular weight excluding hydrogens is 400 g/mol. The van der Waals surface area contributed by atoms with Crippen molar-refractivity contribution in [2.24, 2.45) is 0 Å². The number of ether oxygens (including phenoxy) is 2. The zero-order chi connectivity index (χ0) is 23.0. The molecule has 0 saturated heterocycles. The molecule has 2 aromatic carbocycles. The summed E-state index contributed by atoms with van der Waals surface area (Å²) in [6.07, 6.45) is 0.214. The van der Waals surface area contributed by atoms with Crippen LogP contribution in [0.5, 0.6) is 11.5 Å². The molecule has 2 amide bonds. The van der Waals surface area contributed by atoms with Gasteiger partial charge in [-0.05, 0) is 61.9 Å². The Morgan fingerprint density at radius 3 is 1.81 bits per heavy atom. The third-order valence-electron chi connectivity index (χ3n) is 4.86. The molecule has 0 aliphatic rings. The maximum Gasteiger partial charge on any atom is 0.303 e. The normalized spacial score (nSPS) is 11.4. The molecule has 1 N–H and O–H groups in total. The van der Waals surface area contributed by atoms with Gasteiger partial charge >= 0.3 is 5.97 Å². The number of carbonyl (C=O) groups excluding carboxylic acids is 2. The molecule has 0 spiro atoms. The van der Waals surface area contributed by atoms with E-state index in [0.717, 1.165) is 0 Å². The molecule has 0 radical (unpaired) electrons. The summed E-state index contributed by atoms with van der Waals surface area (Å²) < 4.78 is 10.3. The Morgan fingerprint density at radius 1 is 0.903 bits per heavy atom. The molecule has 8 heteroatoms. The van der Waals surface area contributed by atoms with Crippen LogP contribution >= 0.6 is 0 Å². The highest BCUT2D eigenvalue weighted by atomic mass is 16.5. The predicted molar refractivity (Wildman–Crippen MR) is 118 cm³/mol. The Morgan fingerprint density at radius 2 is 1.39 bits per heavy atom. The Kier molecular flexibility index (Phi) is 8.43. The summed E-state index contributed by atoms with van der Waals surface area (Å²) in [4.78, 5) is 39.7. The molecule has 0 bridgehead atoms. The van der Waals surface area contributed by atoms with Crippen LogP contribution in [-0.2, 0) is 14.4 Å². The van der Waals surface area contributed by atoms with Crippen molar-refractivity contribution in [3.05, 3.63) is 48.5 Å². The molecule has 2 rings (SSSR count). The third-order valence-corrected chi connectivity index (χ3v) is 4.86. The summed E-state index contributed by atoms with van der Waals surface area (Å²) in [5.41, 5.74) is 1.16. The minimum absolute atomic E-state index is 0.0663. The van der Waals surface area contributed by atoms with Crippen LogP contribution in [0.15, 0.2) is 48.5 Å². The van der Waals surface area contributed by atoms with E-state index < -0.39 is 12.0 Å². The average molecular weight is 428 g/mol. The monoisotopic (exact) mass is 428 g/mol. The second kappa shape index (κ2) is 11.0. The van der Waals surface area contributed by atoms with Gasteiger partial charge < -0.3 is 24.4 Å². The van der Waals surface area contributed by atoms with Crippen molar-refractivity contribution < 1.29 is 29.0 Å². The van der Waals surface area contributed by atoms with Gasteiger partial charge in [-0.3, -0.25) is 14.4 Å². The summed E-state index contributed by atoms with van der Waals surface area (Å²) in [7, 11) is 3.10. The van der Waals surface area contributed by atoms with E-state index in [0.29, 0.717) is 22.9 Å². The number of aliphatic carboxylic acids is 1. The second-order valence-corrected chi connectivity index (χ2v) is 6.95. The number of carbonyl (C=O) groups is 3. The van der Waals surface area contributed by atoms with E-state index in [1.807, 2.05) is 0 Å². The number of carboxylic acid groups (broad SMARTS) is 1. The van der Waals surface area contributed by atoms with Crippen molar-refractivity contribution in [1.82, 2.24) is 0 Å². The fourth-order valence-corrected chi connectivity index (χ4v) is 3.27. The van der Waals surface area contributed by atoms with Crippen molar-refractivity contribution in [1.29, 1.82) is 0 Å². The highest BCUT2D eigenvalue weighted by Crippen LogP contribution is 2.25. The molecule has 2 aromatic rings. The van der Waals surface area contributed by atoms with Crippen LogP contribution in [0.3, 0.4) is 0 Å². The summed E-state index contributed by atoms with van der Waals surface area (Å²) >= 11 is 0. The molecule has 0 fully saturated rings. The molecule has 0 aromatic heterocycles. The number of benzene rings is 2. The molecule has 0 aliphatic heterocycles. The molecule has 8 nitrogen and oxygen atoms in total. The van der Waals surface area contributed by atoms with Crippen LogP contribution in [0.2, 0.25) is 0 Å². The fraction of sp³-hybridized carbons (Fsp3) is 0.348. The van der Waals surface area contributed by atoms with Crippen molar-refractivity contribution >= 4 is 29.2 Å². The van der Waals surface area contributed by atoms with E-state index in [-0.39, 0.29) is 31.2 Å². The van der Waals surface area contributed by atoms with Gasteiger partial charge in [0.25, 0.3) is 0 Å². The van der Waals surface area contributed by atoms with Gasteiger partial charge in [0.2, 0.25) is 11.8 Å². The smallest absolute Gasteiger partial charge is 0.303 e. The quantitative estimate of drug-likeness (QED) is 0.623. The summed E-state index contributed by atoms with van der Waals surface area (Å²) in [5, 5.41) is 8.98. The van der Waals surface area contributed by atoms with Crippen LogP contribution < -0.4 is 19.3 Å². The highest BCUT2D eigenvalue weighted by Gasteiger charge is 2.30. The lowest BCUT2D eigenvalue weighted by Crippen LogP contribution is -2.49. The molecule has 1 atom stereocenters. The summed E-state index contributed by atoms with van der Waals surface area (Å²) in [5.74, 6) is -0.260. The first-order valence-corrected chi connectivity index (χ1v) is 9.89. The number of hydrogen-bond acceptors (Lipinski definition) is 5. The van der Waals surface area contributed by atoms with Gasteiger partial charge in [-0.15, -0.1) is 0 Å². The van der Waals surface area contributed by atoms with Crippen LogP contribution in [0.1, 0.15) is 26.7 Å². The van der Waals surface area contributed by atoms with Gasteiger partial charge in [-0.2, -0.15) is 0 Å². The van der Waals surface area contributed by atoms with Crippen molar-refractivity contribution in [2.45, 2.75) is 32.7 Å². The lowest BCUT2D eigenvalue weighted by Gasteiger charge is -2.32. The summed E-state index contributed by atoms with van der Waals surface area (Å²) in [6.45, 7) is 3.26. The Hall–Kier alpha value is -3.55. The number of carboxylic acids is 1. The molecular formula is C23H28N2O6. The molecule has 0 saturated carbocycles.